The van der Waals surface area contributed by atoms with E-state index in [2.05, 4.69) is 5.32 Å². The molecule has 1 unspecified atom stereocenters. The van der Waals surface area contributed by atoms with Gasteiger partial charge in [-0.05, 0) is 36.8 Å². The zero-order valence-electron chi connectivity index (χ0n) is 15.2. The number of carbonyl (C=O) groups excluding carboxylic acids is 2. The van der Waals surface area contributed by atoms with E-state index >= 15 is 0 Å². The Labute approximate surface area is 156 Å². The first-order valence-corrected chi connectivity index (χ1v) is 9.15. The quantitative estimate of drug-likeness (QED) is 0.637. The Morgan fingerprint density at radius 2 is 2.00 bits per heavy atom. The van der Waals surface area contributed by atoms with Crippen molar-refractivity contribution in [1.82, 2.24) is 10.2 Å². The molecule has 0 saturated carbocycles. The van der Waals surface area contributed by atoms with Gasteiger partial charge in [-0.2, -0.15) is 0 Å². The molecule has 4 rings (SSSR count). The first-order chi connectivity index (χ1) is 13.0. The molecule has 7 nitrogen and oxygen atoms in total. The summed E-state index contributed by atoms with van der Waals surface area (Å²) in [5, 5.41) is 3.96. The van der Waals surface area contributed by atoms with Gasteiger partial charge in [0, 0.05) is 25.0 Å². The van der Waals surface area contributed by atoms with Crippen LogP contribution in [0.2, 0.25) is 0 Å². The maximum Gasteiger partial charge on any atom is 0.349 e. The Morgan fingerprint density at radius 3 is 2.74 bits per heavy atom. The molecular weight excluding hydrogens is 348 g/mol. The third-order valence-electron chi connectivity index (χ3n) is 5.83. The van der Waals surface area contributed by atoms with E-state index in [1.54, 1.807) is 23.1 Å². The largest absolute Gasteiger partial charge is 0.468 e. The van der Waals surface area contributed by atoms with Crippen LogP contribution in [0.5, 0.6) is 0 Å². The van der Waals surface area contributed by atoms with Gasteiger partial charge in [0.05, 0.1) is 7.11 Å². The second-order valence-corrected chi connectivity index (χ2v) is 7.44. The van der Waals surface area contributed by atoms with Crippen molar-refractivity contribution < 1.29 is 18.7 Å². The summed E-state index contributed by atoms with van der Waals surface area (Å²) >= 11 is 0. The number of fused-ring (bicyclic) bond motifs is 1. The number of ether oxygens (including phenoxy) is 1. The molecule has 142 valence electrons. The molecule has 7 heteroatoms. The number of methoxy groups -OCH3 is 1. The molecule has 2 aromatic rings. The van der Waals surface area contributed by atoms with E-state index in [1.165, 1.54) is 7.11 Å². The molecule has 1 atom stereocenters. The highest BCUT2D eigenvalue weighted by Gasteiger charge is 2.44. The molecule has 0 radical (unpaired) electrons. The number of esters is 1. The minimum Gasteiger partial charge on any atom is -0.468 e. The first-order valence-electron chi connectivity index (χ1n) is 9.15. The number of rotatable bonds is 2. The van der Waals surface area contributed by atoms with E-state index in [0.29, 0.717) is 18.7 Å². The van der Waals surface area contributed by atoms with Gasteiger partial charge in [0.25, 0.3) is 5.91 Å². The molecule has 1 N–H and O–H groups in total. The Morgan fingerprint density at radius 1 is 1.26 bits per heavy atom. The molecule has 3 heterocycles. The van der Waals surface area contributed by atoms with Gasteiger partial charge in [0.2, 0.25) is 0 Å². The van der Waals surface area contributed by atoms with Crippen molar-refractivity contribution in [3.63, 3.8) is 0 Å². The van der Waals surface area contributed by atoms with Crippen LogP contribution in [0.1, 0.15) is 29.6 Å². The van der Waals surface area contributed by atoms with Crippen molar-refractivity contribution in [2.24, 2.45) is 5.41 Å². The molecule has 0 aliphatic carbocycles. The molecule has 27 heavy (non-hydrogen) atoms. The fourth-order valence-corrected chi connectivity index (χ4v) is 4.17. The Balaban J connectivity index is 1.47. The van der Waals surface area contributed by atoms with E-state index in [-0.39, 0.29) is 28.9 Å². The average Bonchev–Trinajstić information content (AvgIpc) is 3.10. The first kappa shape index (κ1) is 17.7. The summed E-state index contributed by atoms with van der Waals surface area (Å²) in [5.41, 5.74) is -0.0552. The molecule has 2 fully saturated rings. The van der Waals surface area contributed by atoms with E-state index in [4.69, 9.17) is 9.15 Å². The minimum absolute atomic E-state index is 0.00366. The van der Waals surface area contributed by atoms with E-state index < -0.39 is 5.63 Å². The molecule has 0 bridgehead atoms. The molecule has 1 amide bonds. The monoisotopic (exact) mass is 370 g/mol. The molecular formula is C20H22N2O5. The summed E-state index contributed by atoms with van der Waals surface area (Å²) in [6, 6.07) is 8.49. The minimum atomic E-state index is -0.604. The molecule has 2 aliphatic heterocycles. The van der Waals surface area contributed by atoms with Crippen molar-refractivity contribution in [3.05, 3.63) is 46.3 Å². The highest BCUT2D eigenvalue weighted by Crippen LogP contribution is 2.39. The smallest absolute Gasteiger partial charge is 0.349 e. The Hall–Kier alpha value is -2.67. The van der Waals surface area contributed by atoms with Gasteiger partial charge in [0.1, 0.15) is 17.2 Å². The van der Waals surface area contributed by atoms with Gasteiger partial charge < -0.3 is 19.4 Å². The van der Waals surface area contributed by atoms with E-state index in [1.807, 2.05) is 12.1 Å². The Kier molecular flexibility index (Phi) is 4.47. The fraction of sp³-hybridized carbons (Fsp3) is 0.450. The molecule has 1 spiro atoms. The van der Waals surface area contributed by atoms with Crippen LogP contribution in [-0.2, 0) is 9.53 Å². The van der Waals surface area contributed by atoms with Crippen molar-refractivity contribution in [1.29, 1.82) is 0 Å². The maximum atomic E-state index is 12.9. The number of nitrogens with one attached hydrogen (secondary N) is 1. The van der Waals surface area contributed by atoms with Crippen LogP contribution >= 0.6 is 0 Å². The van der Waals surface area contributed by atoms with Gasteiger partial charge in [-0.15, -0.1) is 0 Å². The second kappa shape index (κ2) is 6.81. The zero-order valence-corrected chi connectivity index (χ0v) is 15.2. The molecule has 2 aliphatic rings. The van der Waals surface area contributed by atoms with Crippen molar-refractivity contribution in [2.45, 2.75) is 25.3 Å². The van der Waals surface area contributed by atoms with Gasteiger partial charge in [0.15, 0.2) is 0 Å². The van der Waals surface area contributed by atoms with Crippen LogP contribution < -0.4 is 10.9 Å². The number of amides is 1. The standard InChI is InChI=1S/C20H22N2O5/c1-26-19(25)15-11-20(12-21-15)6-8-22(9-7-20)17(23)14-10-13-4-2-3-5-16(13)27-18(14)24/h2-5,10,15,21H,6-9,11-12H2,1H3. The SMILES string of the molecule is COC(=O)C1CC2(CCN(C(=O)c3cc4ccccc4oc3=O)CC2)CN1. The number of nitrogens with zero attached hydrogens (tertiary/aromatic N) is 1. The van der Waals surface area contributed by atoms with E-state index in [0.717, 1.165) is 31.2 Å². The number of benzene rings is 1. The van der Waals surface area contributed by atoms with Crippen LogP contribution in [0.15, 0.2) is 39.5 Å². The topological polar surface area (TPSA) is 88.8 Å². The third-order valence-corrected chi connectivity index (χ3v) is 5.83. The average molecular weight is 370 g/mol. The summed E-state index contributed by atoms with van der Waals surface area (Å²) in [6.45, 7) is 1.86. The number of carbonyl (C=O) groups is 2. The summed E-state index contributed by atoms with van der Waals surface area (Å²) < 4.78 is 10.1. The second-order valence-electron chi connectivity index (χ2n) is 7.44. The predicted octanol–water partition coefficient (Wildman–Crippen LogP) is 1.55. The zero-order chi connectivity index (χ0) is 19.0. The van der Waals surface area contributed by atoms with Crippen molar-refractivity contribution in [3.8, 4) is 0 Å². The van der Waals surface area contributed by atoms with Gasteiger partial charge in [-0.25, -0.2) is 4.79 Å². The molecule has 2 saturated heterocycles. The van der Waals surface area contributed by atoms with Gasteiger partial charge >= 0.3 is 11.6 Å². The van der Waals surface area contributed by atoms with Gasteiger partial charge in [-0.3, -0.25) is 9.59 Å². The molecule has 1 aromatic heterocycles. The van der Waals surface area contributed by atoms with Crippen LogP contribution in [-0.4, -0.2) is 49.6 Å². The summed E-state index contributed by atoms with van der Waals surface area (Å²) in [5.74, 6) is -0.529. The number of para-hydroxylation sites is 1. The number of hydrogen-bond acceptors (Lipinski definition) is 6. The van der Waals surface area contributed by atoms with Crippen LogP contribution in [0.3, 0.4) is 0 Å². The normalized spacial score (nSPS) is 21.5. The van der Waals surface area contributed by atoms with E-state index in [9.17, 15) is 14.4 Å². The molecule has 1 aromatic carbocycles. The lowest BCUT2D eigenvalue weighted by Crippen LogP contribution is -2.45. The van der Waals surface area contributed by atoms with Crippen molar-refractivity contribution in [2.75, 3.05) is 26.7 Å². The lowest BCUT2D eigenvalue weighted by molar-refractivity contribution is -0.142. The summed E-state index contributed by atoms with van der Waals surface area (Å²) in [6.07, 6.45) is 2.30. The number of likely N-dealkylation sites (tertiary alicyclic amines) is 1. The summed E-state index contributed by atoms with van der Waals surface area (Å²) in [4.78, 5) is 38.6. The fourth-order valence-electron chi connectivity index (χ4n) is 4.17. The highest BCUT2D eigenvalue weighted by molar-refractivity contribution is 5.96. The lowest BCUT2D eigenvalue weighted by Gasteiger charge is -2.38. The van der Waals surface area contributed by atoms with Crippen molar-refractivity contribution >= 4 is 22.8 Å². The summed E-state index contributed by atoms with van der Waals surface area (Å²) in [7, 11) is 1.39. The van der Waals surface area contributed by atoms with Gasteiger partial charge in [-0.1, -0.05) is 18.2 Å². The van der Waals surface area contributed by atoms with Crippen LogP contribution in [0, 0.1) is 5.41 Å². The Bertz CT molecular complexity index is 943. The van der Waals surface area contributed by atoms with Crippen LogP contribution in [0.4, 0.5) is 0 Å². The maximum absolute atomic E-state index is 12.9. The third kappa shape index (κ3) is 3.23. The number of piperidine rings is 1. The lowest BCUT2D eigenvalue weighted by atomic mass is 9.76. The number of hydrogen-bond donors (Lipinski definition) is 1. The predicted molar refractivity (Wildman–Crippen MR) is 98.5 cm³/mol. The van der Waals surface area contributed by atoms with Crippen LogP contribution in [0.25, 0.3) is 11.0 Å². The highest BCUT2D eigenvalue weighted by atomic mass is 16.5.